The Balaban J connectivity index is 2.27. The summed E-state index contributed by atoms with van der Waals surface area (Å²) in [6.07, 6.45) is -0.728. The van der Waals surface area contributed by atoms with Crippen LogP contribution in [0.5, 0.6) is 0 Å². The molecule has 1 saturated carbocycles. The lowest BCUT2D eigenvalue weighted by Gasteiger charge is -2.34. The summed E-state index contributed by atoms with van der Waals surface area (Å²) in [6, 6.07) is -0.360. The minimum atomic E-state index is -2.66. The molecule has 0 spiro atoms. The highest BCUT2D eigenvalue weighted by Gasteiger charge is 2.48. The number of carbonyl (C=O) groups excluding carboxylic acids is 1. The van der Waals surface area contributed by atoms with E-state index in [2.05, 4.69) is 5.32 Å². The number of hydrogen-bond donors (Lipinski definition) is 2. The number of rotatable bonds is 3. The Morgan fingerprint density at radius 2 is 2.23 bits per heavy atom. The van der Waals surface area contributed by atoms with Gasteiger partial charge in [0.2, 0.25) is 11.8 Å². The third kappa shape index (κ3) is 2.62. The Morgan fingerprint density at radius 1 is 1.69 bits per heavy atom. The molecule has 3 nitrogen and oxygen atoms in total. The highest BCUT2D eigenvalue weighted by molar-refractivity contribution is 5.80. The summed E-state index contributed by atoms with van der Waals surface area (Å²) in [5.74, 6) is -3.62. The van der Waals surface area contributed by atoms with Crippen molar-refractivity contribution in [3.8, 4) is 0 Å². The summed E-state index contributed by atoms with van der Waals surface area (Å²) in [6.45, 7) is 1.45. The fraction of sp³-hybridized carbons (Fsp3) is 0.875. The van der Waals surface area contributed by atoms with Crippen LogP contribution in [-0.4, -0.2) is 29.6 Å². The zero-order valence-electron chi connectivity index (χ0n) is 7.39. The molecule has 1 amide bonds. The molecule has 1 aliphatic rings. The molecule has 76 valence electrons. The molecule has 5 heteroatoms. The first-order chi connectivity index (χ1) is 5.94. The molecule has 13 heavy (non-hydrogen) atoms. The summed E-state index contributed by atoms with van der Waals surface area (Å²) in [7, 11) is 0. The van der Waals surface area contributed by atoms with E-state index in [1.54, 1.807) is 6.92 Å². The molecule has 1 rings (SSSR count). The van der Waals surface area contributed by atoms with E-state index >= 15 is 0 Å². The topological polar surface area (TPSA) is 49.3 Å². The minimum Gasteiger partial charge on any atom is -0.394 e. The van der Waals surface area contributed by atoms with E-state index in [1.807, 2.05) is 0 Å². The summed E-state index contributed by atoms with van der Waals surface area (Å²) in [5, 5.41) is 11.0. The quantitative estimate of drug-likeness (QED) is 0.686. The smallest absolute Gasteiger partial charge is 0.249 e. The summed E-state index contributed by atoms with van der Waals surface area (Å²) in [4.78, 5) is 11.1. The van der Waals surface area contributed by atoms with Gasteiger partial charge in [-0.3, -0.25) is 4.79 Å². The molecule has 0 bridgehead atoms. The van der Waals surface area contributed by atoms with Crippen LogP contribution in [0.2, 0.25) is 0 Å². The van der Waals surface area contributed by atoms with Crippen LogP contribution < -0.4 is 5.32 Å². The van der Waals surface area contributed by atoms with Crippen LogP contribution >= 0.6 is 0 Å². The molecule has 0 heterocycles. The maximum absolute atomic E-state index is 12.3. The first-order valence-electron chi connectivity index (χ1n) is 4.23. The largest absolute Gasteiger partial charge is 0.394 e. The van der Waals surface area contributed by atoms with Gasteiger partial charge in [-0.25, -0.2) is 8.78 Å². The van der Waals surface area contributed by atoms with E-state index in [-0.39, 0.29) is 31.4 Å². The van der Waals surface area contributed by atoms with Crippen molar-refractivity contribution in [1.29, 1.82) is 0 Å². The van der Waals surface area contributed by atoms with Crippen LogP contribution in [0.25, 0.3) is 0 Å². The normalized spacial score (nSPS) is 23.4. The lowest BCUT2D eigenvalue weighted by Crippen LogP contribution is -2.47. The van der Waals surface area contributed by atoms with Crippen molar-refractivity contribution >= 4 is 5.91 Å². The molecule has 1 aliphatic carbocycles. The molecule has 0 aromatic rings. The van der Waals surface area contributed by atoms with Crippen molar-refractivity contribution in [1.82, 2.24) is 5.32 Å². The Morgan fingerprint density at radius 3 is 2.62 bits per heavy atom. The van der Waals surface area contributed by atoms with Crippen LogP contribution in [0.4, 0.5) is 8.78 Å². The van der Waals surface area contributed by atoms with Crippen molar-refractivity contribution in [2.24, 2.45) is 5.92 Å². The standard InChI is InChI=1S/C8H13F2NO2/c1-5(4-12)11-7(13)6-2-8(9,10)3-6/h5-6,12H,2-4H2,1H3,(H,11,13)/t5-/m1/s1. The summed E-state index contributed by atoms with van der Waals surface area (Å²) < 4.78 is 24.7. The van der Waals surface area contributed by atoms with Crippen LogP contribution in [-0.2, 0) is 4.79 Å². The molecule has 0 radical (unpaired) electrons. The van der Waals surface area contributed by atoms with Gasteiger partial charge in [0.25, 0.3) is 0 Å². The first-order valence-corrected chi connectivity index (χ1v) is 4.23. The molecule has 0 unspecified atom stereocenters. The van der Waals surface area contributed by atoms with E-state index < -0.39 is 11.8 Å². The maximum atomic E-state index is 12.3. The number of aliphatic hydroxyl groups excluding tert-OH is 1. The van der Waals surface area contributed by atoms with Crippen molar-refractivity contribution in [2.45, 2.75) is 31.7 Å². The molecule has 1 fully saturated rings. The predicted octanol–water partition coefficient (Wildman–Crippen LogP) is 0.529. The number of halogens is 2. The monoisotopic (exact) mass is 193 g/mol. The average Bonchev–Trinajstić information content (AvgIpc) is 1.99. The van der Waals surface area contributed by atoms with Gasteiger partial charge in [0, 0.05) is 24.8 Å². The summed E-state index contributed by atoms with van der Waals surface area (Å²) in [5.41, 5.74) is 0. The van der Waals surface area contributed by atoms with Crippen LogP contribution in [0.15, 0.2) is 0 Å². The molecule has 0 aromatic carbocycles. The molecular formula is C8H13F2NO2. The van der Waals surface area contributed by atoms with Gasteiger partial charge in [-0.15, -0.1) is 0 Å². The highest BCUT2D eigenvalue weighted by atomic mass is 19.3. The van der Waals surface area contributed by atoms with Gasteiger partial charge in [0.1, 0.15) is 0 Å². The maximum Gasteiger partial charge on any atom is 0.249 e. The number of nitrogens with one attached hydrogen (secondary N) is 1. The third-order valence-corrected chi connectivity index (χ3v) is 2.12. The lowest BCUT2D eigenvalue weighted by atomic mass is 9.80. The van der Waals surface area contributed by atoms with Gasteiger partial charge in [-0.1, -0.05) is 0 Å². The number of hydrogen-bond acceptors (Lipinski definition) is 2. The van der Waals surface area contributed by atoms with E-state index in [9.17, 15) is 13.6 Å². The Kier molecular flexibility index (Phi) is 2.85. The molecule has 0 aliphatic heterocycles. The van der Waals surface area contributed by atoms with Gasteiger partial charge >= 0.3 is 0 Å². The van der Waals surface area contributed by atoms with E-state index in [0.717, 1.165) is 0 Å². The predicted molar refractivity (Wildman–Crippen MR) is 42.4 cm³/mol. The molecule has 2 N–H and O–H groups in total. The number of carbonyl (C=O) groups is 1. The van der Waals surface area contributed by atoms with Crippen LogP contribution in [0, 0.1) is 5.92 Å². The zero-order valence-corrected chi connectivity index (χ0v) is 7.39. The second-order valence-corrected chi connectivity index (χ2v) is 3.55. The van der Waals surface area contributed by atoms with Gasteiger partial charge in [0.15, 0.2) is 0 Å². The van der Waals surface area contributed by atoms with E-state index in [0.29, 0.717) is 0 Å². The average molecular weight is 193 g/mol. The van der Waals surface area contributed by atoms with Crippen molar-refractivity contribution in [2.75, 3.05) is 6.61 Å². The third-order valence-electron chi connectivity index (χ3n) is 2.12. The number of aliphatic hydroxyl groups is 1. The fourth-order valence-corrected chi connectivity index (χ4v) is 1.25. The Hall–Kier alpha value is -0.710. The van der Waals surface area contributed by atoms with Crippen LogP contribution in [0.3, 0.4) is 0 Å². The summed E-state index contributed by atoms with van der Waals surface area (Å²) >= 11 is 0. The van der Waals surface area contributed by atoms with Crippen molar-refractivity contribution < 1.29 is 18.7 Å². The van der Waals surface area contributed by atoms with Gasteiger partial charge in [-0.05, 0) is 6.92 Å². The van der Waals surface area contributed by atoms with Gasteiger partial charge in [0.05, 0.1) is 6.61 Å². The zero-order chi connectivity index (χ0) is 10.1. The highest BCUT2D eigenvalue weighted by Crippen LogP contribution is 2.42. The Bertz CT molecular complexity index is 200. The second-order valence-electron chi connectivity index (χ2n) is 3.55. The van der Waals surface area contributed by atoms with E-state index in [4.69, 9.17) is 5.11 Å². The second kappa shape index (κ2) is 3.57. The molecule has 0 saturated heterocycles. The fourth-order valence-electron chi connectivity index (χ4n) is 1.25. The minimum absolute atomic E-state index is 0.172. The SMILES string of the molecule is C[C@H](CO)NC(=O)C1CC(F)(F)C1. The first kappa shape index (κ1) is 10.4. The molecule has 1 atom stereocenters. The van der Waals surface area contributed by atoms with Crippen LogP contribution in [0.1, 0.15) is 19.8 Å². The number of alkyl halides is 2. The molecular weight excluding hydrogens is 180 g/mol. The molecule has 0 aromatic heterocycles. The van der Waals surface area contributed by atoms with Crippen molar-refractivity contribution in [3.05, 3.63) is 0 Å². The van der Waals surface area contributed by atoms with E-state index in [1.165, 1.54) is 0 Å². The number of amides is 1. The van der Waals surface area contributed by atoms with Gasteiger partial charge in [-0.2, -0.15) is 0 Å². The van der Waals surface area contributed by atoms with Gasteiger partial charge < -0.3 is 10.4 Å². The Labute approximate surface area is 75.1 Å². The van der Waals surface area contributed by atoms with Crippen molar-refractivity contribution in [3.63, 3.8) is 0 Å². The lowest BCUT2D eigenvalue weighted by molar-refractivity contribution is -0.150.